The Morgan fingerprint density at radius 3 is 2.43 bits per heavy atom. The van der Waals surface area contributed by atoms with Gasteiger partial charge in [-0.05, 0) is 49.3 Å². The highest BCUT2D eigenvalue weighted by Crippen LogP contribution is 2.41. The predicted molar refractivity (Wildman–Crippen MR) is 114 cm³/mol. The van der Waals surface area contributed by atoms with Crippen LogP contribution in [0.1, 0.15) is 47.3 Å². The number of rotatable bonds is 4. The van der Waals surface area contributed by atoms with Crippen molar-refractivity contribution in [3.8, 4) is 0 Å². The summed E-state index contributed by atoms with van der Waals surface area (Å²) in [5, 5.41) is 2.64. The topological polar surface area (TPSA) is 67.4 Å². The minimum absolute atomic E-state index is 0.0714. The van der Waals surface area contributed by atoms with Crippen LogP contribution in [0.15, 0.2) is 36.7 Å². The van der Waals surface area contributed by atoms with E-state index in [4.69, 9.17) is 4.74 Å². The lowest BCUT2D eigenvalue weighted by atomic mass is 9.73. The van der Waals surface area contributed by atoms with Gasteiger partial charge in [-0.2, -0.15) is 26.3 Å². The molecule has 190 valence electrons. The summed E-state index contributed by atoms with van der Waals surface area (Å²) in [4.78, 5) is 21.4. The Morgan fingerprint density at radius 2 is 1.80 bits per heavy atom. The monoisotopic (exact) mass is 502 g/mol. The lowest BCUT2D eigenvalue weighted by Crippen LogP contribution is -2.47. The second-order valence-electron chi connectivity index (χ2n) is 9.01. The second kappa shape index (κ2) is 9.63. The van der Waals surface area contributed by atoms with Crippen molar-refractivity contribution in [1.82, 2.24) is 15.3 Å². The van der Waals surface area contributed by atoms with Gasteiger partial charge in [0.05, 0.1) is 18.3 Å². The summed E-state index contributed by atoms with van der Waals surface area (Å²) in [6.07, 6.45) is -5.46. The summed E-state index contributed by atoms with van der Waals surface area (Å²) in [7, 11) is 0. The summed E-state index contributed by atoms with van der Waals surface area (Å²) in [6.45, 7) is 1.70. The van der Waals surface area contributed by atoms with Gasteiger partial charge in [-0.3, -0.25) is 4.79 Å². The van der Waals surface area contributed by atoms with E-state index in [1.165, 1.54) is 12.1 Å². The molecule has 1 unspecified atom stereocenters. The summed E-state index contributed by atoms with van der Waals surface area (Å²) >= 11 is 0. The Kier molecular flexibility index (Phi) is 6.94. The number of hydrogen-bond acceptors (Lipinski definition) is 5. The molecule has 2 aliphatic heterocycles. The molecule has 0 saturated carbocycles. The summed E-state index contributed by atoms with van der Waals surface area (Å²) in [5.41, 5.74) is -2.03. The van der Waals surface area contributed by atoms with Crippen LogP contribution in [-0.2, 0) is 17.1 Å². The van der Waals surface area contributed by atoms with E-state index in [1.54, 1.807) is 0 Å². The second-order valence-corrected chi connectivity index (χ2v) is 9.01. The van der Waals surface area contributed by atoms with Gasteiger partial charge < -0.3 is 15.0 Å². The van der Waals surface area contributed by atoms with Gasteiger partial charge >= 0.3 is 12.4 Å². The van der Waals surface area contributed by atoms with Gasteiger partial charge in [-0.15, -0.1) is 0 Å². The Hall–Kier alpha value is -2.89. The minimum Gasteiger partial charge on any atom is -0.376 e. The van der Waals surface area contributed by atoms with E-state index in [9.17, 15) is 31.1 Å². The van der Waals surface area contributed by atoms with Gasteiger partial charge in [-0.1, -0.05) is 6.07 Å². The molecule has 4 rings (SSSR count). The highest BCUT2D eigenvalue weighted by atomic mass is 19.4. The van der Waals surface area contributed by atoms with Gasteiger partial charge in [-0.25, -0.2) is 9.97 Å². The summed E-state index contributed by atoms with van der Waals surface area (Å²) < 4.78 is 83.3. The Morgan fingerprint density at radius 1 is 1.06 bits per heavy atom. The smallest absolute Gasteiger partial charge is 0.376 e. The SMILES string of the molecule is O=C(NCC1CCC2(CCN(c3cc(C(F)(F)F)ncn3)CC2)CO1)c1cccc(C(F)(F)F)c1. The van der Waals surface area contributed by atoms with Crippen LogP contribution in [0.4, 0.5) is 32.2 Å². The van der Waals surface area contributed by atoms with Crippen LogP contribution in [0.3, 0.4) is 0 Å². The van der Waals surface area contributed by atoms with Crippen molar-refractivity contribution in [2.45, 2.75) is 44.1 Å². The molecule has 6 nitrogen and oxygen atoms in total. The maximum absolute atomic E-state index is 12.9. The number of alkyl halides is 6. The number of nitrogens with one attached hydrogen (secondary N) is 1. The summed E-state index contributed by atoms with van der Waals surface area (Å²) in [6, 6.07) is 5.19. The quantitative estimate of drug-likeness (QED) is 0.614. The highest BCUT2D eigenvalue weighted by molar-refractivity contribution is 5.94. The molecule has 1 N–H and O–H groups in total. The molecule has 0 radical (unpaired) electrons. The molecule has 2 aliphatic rings. The Balaban J connectivity index is 1.26. The van der Waals surface area contributed by atoms with Crippen LogP contribution >= 0.6 is 0 Å². The molecule has 2 aromatic rings. The van der Waals surface area contributed by atoms with E-state index in [2.05, 4.69) is 15.3 Å². The maximum Gasteiger partial charge on any atom is 0.433 e. The zero-order chi connectivity index (χ0) is 25.3. The van der Waals surface area contributed by atoms with Crippen LogP contribution in [0.25, 0.3) is 0 Å². The van der Waals surface area contributed by atoms with E-state index in [0.29, 0.717) is 26.1 Å². The lowest BCUT2D eigenvalue weighted by Gasteiger charge is -2.46. The lowest BCUT2D eigenvalue weighted by molar-refractivity contribution is -0.141. The van der Waals surface area contributed by atoms with Crippen LogP contribution in [0, 0.1) is 5.41 Å². The number of nitrogens with zero attached hydrogens (tertiary/aromatic N) is 3. The Bertz CT molecular complexity index is 1040. The van der Waals surface area contributed by atoms with Gasteiger partial charge in [0.25, 0.3) is 5.91 Å². The molecular weight excluding hydrogens is 478 g/mol. The molecule has 1 aromatic heterocycles. The number of carbonyl (C=O) groups is 1. The Labute approximate surface area is 197 Å². The molecule has 0 bridgehead atoms. The number of amides is 1. The molecule has 0 aliphatic carbocycles. The largest absolute Gasteiger partial charge is 0.433 e. The van der Waals surface area contributed by atoms with Crippen molar-refractivity contribution in [2.24, 2.45) is 5.41 Å². The minimum atomic E-state index is -4.53. The van der Waals surface area contributed by atoms with Gasteiger partial charge in [0.1, 0.15) is 17.8 Å². The third-order valence-electron chi connectivity index (χ3n) is 6.66. The first-order chi connectivity index (χ1) is 16.5. The molecule has 35 heavy (non-hydrogen) atoms. The van der Waals surface area contributed by atoms with Crippen molar-refractivity contribution in [3.05, 3.63) is 53.5 Å². The first-order valence-corrected chi connectivity index (χ1v) is 11.2. The van der Waals surface area contributed by atoms with Crippen LogP contribution in [-0.4, -0.2) is 48.2 Å². The van der Waals surface area contributed by atoms with E-state index >= 15 is 0 Å². The van der Waals surface area contributed by atoms with Crippen LogP contribution in [0.2, 0.25) is 0 Å². The molecule has 3 heterocycles. The van der Waals surface area contributed by atoms with Crippen molar-refractivity contribution in [1.29, 1.82) is 0 Å². The van der Waals surface area contributed by atoms with E-state index in [1.807, 2.05) is 4.90 Å². The summed E-state index contributed by atoms with van der Waals surface area (Å²) in [5.74, 6) is -0.356. The van der Waals surface area contributed by atoms with Gasteiger partial charge in [0.15, 0.2) is 0 Å². The molecule has 12 heteroatoms. The zero-order valence-corrected chi connectivity index (χ0v) is 18.6. The zero-order valence-electron chi connectivity index (χ0n) is 18.6. The van der Waals surface area contributed by atoms with Crippen LogP contribution < -0.4 is 10.2 Å². The molecule has 1 amide bonds. The molecule has 1 spiro atoms. The number of anilines is 1. The number of carbonyl (C=O) groups excluding carboxylic acids is 1. The fourth-order valence-corrected chi connectivity index (χ4v) is 4.50. The fourth-order valence-electron chi connectivity index (χ4n) is 4.50. The third-order valence-corrected chi connectivity index (χ3v) is 6.66. The first-order valence-electron chi connectivity index (χ1n) is 11.2. The highest BCUT2D eigenvalue weighted by Gasteiger charge is 2.40. The number of piperidine rings is 1. The molecule has 2 saturated heterocycles. The number of benzene rings is 1. The van der Waals surface area contributed by atoms with Crippen molar-refractivity contribution in [2.75, 3.05) is 31.1 Å². The number of hydrogen-bond donors (Lipinski definition) is 1. The van der Waals surface area contributed by atoms with Crippen molar-refractivity contribution >= 4 is 11.7 Å². The van der Waals surface area contributed by atoms with E-state index in [-0.39, 0.29) is 29.4 Å². The number of ether oxygens (including phenoxy) is 1. The average Bonchev–Trinajstić information content (AvgIpc) is 2.83. The molecule has 2 fully saturated rings. The van der Waals surface area contributed by atoms with Gasteiger partial charge in [0, 0.05) is 31.3 Å². The van der Waals surface area contributed by atoms with E-state index in [0.717, 1.165) is 43.8 Å². The fraction of sp³-hybridized carbons (Fsp3) is 0.522. The average molecular weight is 502 g/mol. The van der Waals surface area contributed by atoms with Gasteiger partial charge in [0.2, 0.25) is 0 Å². The number of aromatic nitrogens is 2. The van der Waals surface area contributed by atoms with E-state index < -0.39 is 29.5 Å². The number of halogens is 6. The third kappa shape index (κ3) is 6.03. The first kappa shape index (κ1) is 25.2. The normalized spacial score (nSPS) is 20.6. The molecule has 1 aromatic carbocycles. The van der Waals surface area contributed by atoms with Crippen molar-refractivity contribution in [3.63, 3.8) is 0 Å². The maximum atomic E-state index is 12.9. The predicted octanol–water partition coefficient (Wildman–Crippen LogP) is 4.71. The van der Waals surface area contributed by atoms with Crippen LogP contribution in [0.5, 0.6) is 0 Å². The molecular formula is C23H24F6N4O2. The van der Waals surface area contributed by atoms with Crippen molar-refractivity contribution < 1.29 is 35.9 Å². The standard InChI is InChI=1S/C23H24F6N4O2/c24-22(25,26)16-3-1-2-15(10-16)20(34)30-12-17-4-5-21(13-35-17)6-8-33(9-7-21)19-11-18(23(27,28)29)31-14-32-19/h1-3,10-11,14,17H,4-9,12-13H2,(H,30,34). The molecule has 1 atom stereocenters.